The number of rotatable bonds is 4. The third kappa shape index (κ3) is 3.30. The summed E-state index contributed by atoms with van der Waals surface area (Å²) in [4.78, 5) is 25.3. The summed E-state index contributed by atoms with van der Waals surface area (Å²) in [5.41, 5.74) is 0.420. The van der Waals surface area contributed by atoms with Gasteiger partial charge in [-0.1, -0.05) is 11.3 Å². The molecule has 0 saturated heterocycles. The van der Waals surface area contributed by atoms with Crippen LogP contribution in [0.3, 0.4) is 0 Å². The molecule has 1 unspecified atom stereocenters. The van der Waals surface area contributed by atoms with E-state index < -0.39 is 27.7 Å². The largest absolute Gasteiger partial charge is 0.772 e. The van der Waals surface area contributed by atoms with E-state index in [0.29, 0.717) is 10.2 Å². The molecule has 1 N–H and O–H groups in total. The van der Waals surface area contributed by atoms with Crippen LogP contribution in [-0.4, -0.2) is 30.3 Å². The number of aromatic nitrogens is 1. The maximum absolute atomic E-state index is 11.2. The molecule has 0 bridgehead atoms. The average molecular weight is 300 g/mol. The van der Waals surface area contributed by atoms with Crippen molar-refractivity contribution in [2.24, 2.45) is 0 Å². The van der Waals surface area contributed by atoms with E-state index in [0.717, 1.165) is 11.3 Å². The molecule has 1 aromatic carbocycles. The number of hydrogen-bond donors (Lipinski definition) is 1. The smallest absolute Gasteiger partial charge is 0.270 e. The van der Waals surface area contributed by atoms with Gasteiger partial charge in [0.05, 0.1) is 20.9 Å². The van der Waals surface area contributed by atoms with Crippen LogP contribution in [0.4, 0.5) is 10.8 Å². The molecule has 0 fully saturated rings. The van der Waals surface area contributed by atoms with Crippen LogP contribution in [0.2, 0.25) is 0 Å². The van der Waals surface area contributed by atoms with Crippen LogP contribution in [0.25, 0.3) is 10.2 Å². The van der Waals surface area contributed by atoms with Crippen molar-refractivity contribution in [3.05, 3.63) is 28.3 Å². The molecule has 0 radical (unpaired) electrons. The fourth-order valence-corrected chi connectivity index (χ4v) is 2.54. The van der Waals surface area contributed by atoms with Crippen molar-refractivity contribution in [3.8, 4) is 0 Å². The first-order valence-corrected chi connectivity index (χ1v) is 6.92. The number of benzene rings is 1. The predicted octanol–water partition coefficient (Wildman–Crippen LogP) is 1.02. The van der Waals surface area contributed by atoms with E-state index in [9.17, 15) is 23.7 Å². The highest BCUT2D eigenvalue weighted by molar-refractivity contribution is 7.79. The second kappa shape index (κ2) is 5.38. The summed E-state index contributed by atoms with van der Waals surface area (Å²) >= 11 is -1.44. The molecular formula is C9H6N3O5S2-. The first-order valence-electron chi connectivity index (χ1n) is 4.86. The summed E-state index contributed by atoms with van der Waals surface area (Å²) < 4.78 is 21.2. The molecule has 0 aliphatic heterocycles. The molecule has 1 aromatic heterocycles. The zero-order valence-electron chi connectivity index (χ0n) is 9.19. The first-order chi connectivity index (χ1) is 8.95. The normalized spacial score (nSPS) is 12.3. The molecule has 0 aliphatic carbocycles. The molecule has 10 heteroatoms. The topological polar surface area (TPSA) is 125 Å². The Bertz CT molecular complexity index is 684. The minimum atomic E-state index is -2.47. The SMILES string of the molecule is O=C(CS(=O)[O-])Nc1nc2ccc([N+](=O)[O-])cc2s1. The van der Waals surface area contributed by atoms with E-state index in [-0.39, 0.29) is 10.8 Å². The number of carbonyl (C=O) groups is 1. The number of amides is 1. The van der Waals surface area contributed by atoms with E-state index in [4.69, 9.17) is 0 Å². The minimum absolute atomic E-state index is 0.0744. The Morgan fingerprint density at radius 1 is 1.53 bits per heavy atom. The zero-order chi connectivity index (χ0) is 14.0. The van der Waals surface area contributed by atoms with Gasteiger partial charge in [0.1, 0.15) is 0 Å². The van der Waals surface area contributed by atoms with Crippen molar-refractivity contribution in [3.63, 3.8) is 0 Å². The van der Waals surface area contributed by atoms with Crippen LogP contribution >= 0.6 is 11.3 Å². The third-order valence-electron chi connectivity index (χ3n) is 2.08. The number of fused-ring (bicyclic) bond motifs is 1. The van der Waals surface area contributed by atoms with Crippen LogP contribution in [0, 0.1) is 10.1 Å². The van der Waals surface area contributed by atoms with Gasteiger partial charge in [-0.25, -0.2) is 4.98 Å². The number of nitro benzene ring substituents is 1. The summed E-state index contributed by atoms with van der Waals surface area (Å²) in [5, 5.41) is 13.1. The number of nitrogens with one attached hydrogen (secondary N) is 1. The lowest BCUT2D eigenvalue weighted by Gasteiger charge is -2.03. The van der Waals surface area contributed by atoms with Gasteiger partial charge in [0, 0.05) is 12.1 Å². The third-order valence-corrected chi connectivity index (χ3v) is 3.51. The van der Waals surface area contributed by atoms with Gasteiger partial charge in [-0.3, -0.25) is 19.1 Å². The van der Waals surface area contributed by atoms with Crippen molar-refractivity contribution < 1.29 is 18.5 Å². The van der Waals surface area contributed by atoms with Crippen molar-refractivity contribution in [1.82, 2.24) is 4.98 Å². The number of thiazole rings is 1. The fourth-order valence-electron chi connectivity index (χ4n) is 1.34. The molecule has 1 heterocycles. The molecule has 0 spiro atoms. The van der Waals surface area contributed by atoms with E-state index in [1.165, 1.54) is 18.2 Å². The Hall–Kier alpha value is -1.91. The Labute approximate surface area is 112 Å². The van der Waals surface area contributed by atoms with E-state index in [1.807, 2.05) is 0 Å². The number of non-ortho nitro benzene ring substituents is 1. The van der Waals surface area contributed by atoms with E-state index >= 15 is 0 Å². The number of carbonyl (C=O) groups excluding carboxylic acids is 1. The lowest BCUT2D eigenvalue weighted by atomic mass is 10.3. The Balaban J connectivity index is 2.24. The van der Waals surface area contributed by atoms with Crippen molar-refractivity contribution in [2.75, 3.05) is 11.1 Å². The lowest BCUT2D eigenvalue weighted by Crippen LogP contribution is -2.18. The molecule has 100 valence electrons. The van der Waals surface area contributed by atoms with Crippen molar-refractivity contribution >= 4 is 49.4 Å². The first kappa shape index (κ1) is 13.5. The highest BCUT2D eigenvalue weighted by atomic mass is 32.2. The quantitative estimate of drug-likeness (QED) is 0.510. The molecule has 1 amide bonds. The summed E-state index contributed by atoms with van der Waals surface area (Å²) in [6.45, 7) is 0. The van der Waals surface area contributed by atoms with E-state index in [2.05, 4.69) is 10.3 Å². The van der Waals surface area contributed by atoms with Crippen LogP contribution in [0.15, 0.2) is 18.2 Å². The fraction of sp³-hybridized carbons (Fsp3) is 0.111. The Kier molecular flexibility index (Phi) is 3.83. The van der Waals surface area contributed by atoms with Crippen LogP contribution in [-0.2, 0) is 15.9 Å². The van der Waals surface area contributed by atoms with Crippen LogP contribution < -0.4 is 5.32 Å². The van der Waals surface area contributed by atoms with Gasteiger partial charge >= 0.3 is 0 Å². The maximum atomic E-state index is 11.2. The van der Waals surface area contributed by atoms with Crippen molar-refractivity contribution in [2.45, 2.75) is 0 Å². The van der Waals surface area contributed by atoms with E-state index in [1.54, 1.807) is 0 Å². The predicted molar refractivity (Wildman–Crippen MR) is 68.7 cm³/mol. The minimum Gasteiger partial charge on any atom is -0.772 e. The molecule has 19 heavy (non-hydrogen) atoms. The number of nitrogens with zero attached hydrogens (tertiary/aromatic N) is 2. The van der Waals surface area contributed by atoms with Gasteiger partial charge in [0.15, 0.2) is 5.13 Å². The van der Waals surface area contributed by atoms with Gasteiger partial charge in [-0.05, 0) is 17.1 Å². The number of nitro groups is 1. The van der Waals surface area contributed by atoms with Gasteiger partial charge in [0.2, 0.25) is 5.91 Å². The maximum Gasteiger partial charge on any atom is 0.270 e. The Morgan fingerprint density at radius 2 is 2.26 bits per heavy atom. The van der Waals surface area contributed by atoms with Gasteiger partial charge in [-0.15, -0.1) is 0 Å². The standard InChI is InChI=1S/C9H7N3O5S2/c13-8(4-19(16)17)11-9-10-6-2-1-5(12(14)15)3-7(6)18-9/h1-3H,4H2,(H,16,17)(H,10,11,13)/p-1. The summed E-state index contributed by atoms with van der Waals surface area (Å²) in [5.74, 6) is -1.36. The highest BCUT2D eigenvalue weighted by Gasteiger charge is 2.11. The molecule has 2 rings (SSSR count). The lowest BCUT2D eigenvalue weighted by molar-refractivity contribution is -0.384. The summed E-state index contributed by atoms with van der Waals surface area (Å²) in [6, 6.07) is 4.11. The molecular weight excluding hydrogens is 294 g/mol. The summed E-state index contributed by atoms with van der Waals surface area (Å²) in [7, 11) is 0. The van der Waals surface area contributed by atoms with Gasteiger partial charge < -0.3 is 9.87 Å². The monoisotopic (exact) mass is 300 g/mol. The molecule has 2 aromatic rings. The van der Waals surface area contributed by atoms with Crippen molar-refractivity contribution in [1.29, 1.82) is 0 Å². The average Bonchev–Trinajstić information content (AvgIpc) is 2.68. The zero-order valence-corrected chi connectivity index (χ0v) is 10.8. The van der Waals surface area contributed by atoms with Gasteiger partial charge in [0.25, 0.3) is 5.69 Å². The van der Waals surface area contributed by atoms with Gasteiger partial charge in [-0.2, -0.15) is 0 Å². The second-order valence-corrected chi connectivity index (χ2v) is 5.35. The highest BCUT2D eigenvalue weighted by Crippen LogP contribution is 2.28. The molecule has 8 nitrogen and oxygen atoms in total. The molecule has 0 saturated carbocycles. The number of hydrogen-bond acceptors (Lipinski definition) is 7. The van der Waals surface area contributed by atoms with Crippen LogP contribution in [0.5, 0.6) is 0 Å². The summed E-state index contributed by atoms with van der Waals surface area (Å²) in [6.07, 6.45) is 0. The molecule has 1 atom stereocenters. The number of anilines is 1. The molecule has 0 aliphatic rings. The second-order valence-electron chi connectivity index (χ2n) is 3.42. The van der Waals surface area contributed by atoms with Crippen LogP contribution in [0.1, 0.15) is 0 Å². The Morgan fingerprint density at radius 3 is 2.89 bits per heavy atom.